The maximum atomic E-state index is 12.4. The molecule has 5 rings (SSSR count). The van der Waals surface area contributed by atoms with Gasteiger partial charge in [0.1, 0.15) is 11.9 Å². The normalized spacial score (nSPS) is 23.9. The molecule has 0 spiro atoms. The Bertz CT molecular complexity index is 1320. The van der Waals surface area contributed by atoms with Gasteiger partial charge in [0.25, 0.3) is 0 Å². The molecule has 3 heterocycles. The van der Waals surface area contributed by atoms with Crippen molar-refractivity contribution < 1.29 is 18.8 Å². The number of ether oxygens (including phenoxy) is 2. The van der Waals surface area contributed by atoms with E-state index in [1.165, 1.54) is 0 Å². The number of esters is 1. The molecule has 2 aliphatic heterocycles. The first kappa shape index (κ1) is 24.8. The predicted molar refractivity (Wildman–Crippen MR) is 143 cm³/mol. The molecule has 188 valence electrons. The molecule has 0 saturated carbocycles. The van der Waals surface area contributed by atoms with Crippen LogP contribution >= 0.6 is 6.42 Å². The lowest BCUT2D eigenvalue weighted by molar-refractivity contribution is -0.0446. The first-order valence-corrected chi connectivity index (χ1v) is 14.7. The summed E-state index contributed by atoms with van der Waals surface area (Å²) in [5, 5.41) is 5.61. The maximum Gasteiger partial charge on any atom is 0.338 e. The molecular formula is C26H29N4O4PS. The van der Waals surface area contributed by atoms with E-state index in [9.17, 15) is 4.79 Å². The van der Waals surface area contributed by atoms with Crippen LogP contribution in [0.3, 0.4) is 0 Å². The van der Waals surface area contributed by atoms with Gasteiger partial charge < -0.3 is 14.0 Å². The second-order valence-corrected chi connectivity index (χ2v) is 12.7. The van der Waals surface area contributed by atoms with E-state index in [2.05, 4.69) is 18.5 Å². The first-order valence-electron chi connectivity index (χ1n) is 12.0. The fraction of sp³-hybridized carbons (Fsp3) is 0.346. The van der Waals surface area contributed by atoms with E-state index < -0.39 is 6.42 Å². The minimum absolute atomic E-state index is 0.0346. The van der Waals surface area contributed by atoms with Crippen molar-refractivity contribution in [2.24, 2.45) is 4.99 Å². The molecule has 1 saturated heterocycles. The fourth-order valence-electron chi connectivity index (χ4n) is 4.58. The number of fused-ring (bicyclic) bond motifs is 1. The molecule has 0 amide bonds. The van der Waals surface area contributed by atoms with E-state index in [-0.39, 0.29) is 24.8 Å². The second-order valence-electron chi connectivity index (χ2n) is 9.01. The number of benzene rings is 2. The van der Waals surface area contributed by atoms with E-state index in [0.29, 0.717) is 36.9 Å². The van der Waals surface area contributed by atoms with E-state index >= 15 is 0 Å². The van der Waals surface area contributed by atoms with Gasteiger partial charge in [0.05, 0.1) is 30.0 Å². The van der Waals surface area contributed by atoms with Crippen LogP contribution in [0, 0.1) is 6.92 Å². The smallest absolute Gasteiger partial charge is 0.338 e. The summed E-state index contributed by atoms with van der Waals surface area (Å²) >= 11 is 6.37. The number of hydrogen-bond acceptors (Lipinski definition) is 7. The molecule has 0 N–H and O–H groups in total. The molecule has 1 aromatic heterocycles. The Kier molecular flexibility index (Phi) is 7.08. The standard InChI is InChI=1S/C26H29N4O4PS/c1-18-16-29(17-19(2)33-18)35(36)23-20(3)28-30(14-15-32-26(31)22-12-8-5-9-13-22)24(23)27-25(34-35)21-10-6-4-7-11-21/h4-13,18-19H,14-17H2,1-3H3. The minimum atomic E-state index is -2.73. The molecule has 3 unspecified atom stereocenters. The number of aromatic nitrogens is 2. The van der Waals surface area contributed by atoms with Gasteiger partial charge in [-0.05, 0) is 56.8 Å². The van der Waals surface area contributed by atoms with Gasteiger partial charge >= 0.3 is 5.97 Å². The molecule has 0 aliphatic carbocycles. The SMILES string of the molecule is Cc1nn(CCOC(=O)c2ccccc2)c2c1P(=S)(N1CC(C)OC(C)C1)OC(c1ccccc1)=N2. The van der Waals surface area contributed by atoms with Crippen molar-refractivity contribution >= 4 is 41.2 Å². The maximum absolute atomic E-state index is 12.4. The van der Waals surface area contributed by atoms with Gasteiger partial charge in [-0.1, -0.05) is 36.4 Å². The molecule has 3 atom stereocenters. The number of aryl methyl sites for hydroxylation is 1. The number of carbonyl (C=O) groups is 1. The van der Waals surface area contributed by atoms with Crippen molar-refractivity contribution in [3.63, 3.8) is 0 Å². The Hall–Kier alpha value is -2.84. The van der Waals surface area contributed by atoms with Crippen LogP contribution in [0.25, 0.3) is 0 Å². The van der Waals surface area contributed by atoms with Crippen LogP contribution < -0.4 is 5.30 Å². The van der Waals surface area contributed by atoms with Crippen molar-refractivity contribution in [2.75, 3.05) is 19.7 Å². The average Bonchev–Trinajstić information content (AvgIpc) is 3.20. The third kappa shape index (κ3) is 4.89. The van der Waals surface area contributed by atoms with E-state index in [0.717, 1.165) is 16.6 Å². The quantitative estimate of drug-likeness (QED) is 0.353. The first-order chi connectivity index (χ1) is 17.3. The highest BCUT2D eigenvalue weighted by Crippen LogP contribution is 2.56. The molecule has 36 heavy (non-hydrogen) atoms. The molecule has 10 heteroatoms. The Morgan fingerprint density at radius 3 is 2.39 bits per heavy atom. The van der Waals surface area contributed by atoms with Crippen molar-refractivity contribution in [3.8, 4) is 0 Å². The van der Waals surface area contributed by atoms with Gasteiger partial charge in [-0.2, -0.15) is 10.1 Å². The highest BCUT2D eigenvalue weighted by Gasteiger charge is 2.43. The lowest BCUT2D eigenvalue weighted by Crippen LogP contribution is -2.46. The summed E-state index contributed by atoms with van der Waals surface area (Å²) in [6, 6.07) is 18.7. The monoisotopic (exact) mass is 524 g/mol. The zero-order chi connectivity index (χ0) is 25.3. The minimum Gasteiger partial charge on any atom is -0.460 e. The number of aliphatic imine (C=N–C) groups is 1. The molecule has 2 aromatic carbocycles. The molecule has 0 radical (unpaired) electrons. The van der Waals surface area contributed by atoms with Gasteiger partial charge in [-0.3, -0.25) is 0 Å². The van der Waals surface area contributed by atoms with Crippen LogP contribution in [0.5, 0.6) is 0 Å². The summed E-state index contributed by atoms with van der Waals surface area (Å²) in [6.45, 7) is 7.90. The lowest BCUT2D eigenvalue weighted by Gasteiger charge is -2.42. The molecule has 2 aliphatic rings. The van der Waals surface area contributed by atoms with Crippen LogP contribution in [-0.4, -0.2) is 58.2 Å². The zero-order valence-corrected chi connectivity index (χ0v) is 22.2. The fourth-order valence-corrected chi connectivity index (χ4v) is 8.47. The Balaban J connectivity index is 1.48. The van der Waals surface area contributed by atoms with Crippen molar-refractivity contribution in [3.05, 3.63) is 77.5 Å². The highest BCUT2D eigenvalue weighted by atomic mass is 32.4. The van der Waals surface area contributed by atoms with Crippen LogP contribution in [0.1, 0.15) is 35.5 Å². The number of carbonyl (C=O) groups excluding carboxylic acids is 1. The lowest BCUT2D eigenvalue weighted by atomic mass is 10.2. The van der Waals surface area contributed by atoms with Gasteiger partial charge in [0.2, 0.25) is 12.3 Å². The van der Waals surface area contributed by atoms with Gasteiger partial charge in [0.15, 0.2) is 5.82 Å². The van der Waals surface area contributed by atoms with Gasteiger partial charge in [-0.15, -0.1) is 0 Å². The Morgan fingerprint density at radius 2 is 1.72 bits per heavy atom. The van der Waals surface area contributed by atoms with Crippen LogP contribution in [-0.2, 0) is 32.3 Å². The number of rotatable bonds is 6. The van der Waals surface area contributed by atoms with Crippen molar-refractivity contribution in [1.82, 2.24) is 14.5 Å². The molecule has 8 nitrogen and oxygen atoms in total. The molecule has 0 bridgehead atoms. The van der Waals surface area contributed by atoms with Crippen LogP contribution in [0.15, 0.2) is 65.7 Å². The zero-order valence-electron chi connectivity index (χ0n) is 20.5. The van der Waals surface area contributed by atoms with Crippen LogP contribution in [0.2, 0.25) is 0 Å². The average molecular weight is 525 g/mol. The Morgan fingerprint density at radius 1 is 1.08 bits per heavy atom. The summed E-state index contributed by atoms with van der Waals surface area (Å²) in [5.41, 5.74) is 2.15. The van der Waals surface area contributed by atoms with Gasteiger partial charge in [0, 0.05) is 18.7 Å². The summed E-state index contributed by atoms with van der Waals surface area (Å²) < 4.78 is 22.1. The topological polar surface area (TPSA) is 78.2 Å². The van der Waals surface area contributed by atoms with Gasteiger partial charge in [-0.25, -0.2) is 14.1 Å². The van der Waals surface area contributed by atoms with E-state index in [4.69, 9.17) is 35.9 Å². The third-order valence-corrected chi connectivity index (χ3v) is 10.2. The summed E-state index contributed by atoms with van der Waals surface area (Å²) in [7, 11) is 0. The van der Waals surface area contributed by atoms with E-state index in [1.807, 2.05) is 55.5 Å². The van der Waals surface area contributed by atoms with Crippen molar-refractivity contribution in [1.29, 1.82) is 0 Å². The molecular weight excluding hydrogens is 495 g/mol. The largest absolute Gasteiger partial charge is 0.460 e. The van der Waals surface area contributed by atoms with E-state index in [1.54, 1.807) is 16.8 Å². The summed E-state index contributed by atoms with van der Waals surface area (Å²) in [6.07, 6.45) is -2.66. The number of nitrogens with zero attached hydrogens (tertiary/aromatic N) is 4. The Labute approximate surface area is 216 Å². The van der Waals surface area contributed by atoms with Crippen LogP contribution in [0.4, 0.5) is 5.82 Å². The predicted octanol–water partition coefficient (Wildman–Crippen LogP) is 4.20. The number of hydrogen-bond donors (Lipinski definition) is 0. The third-order valence-electron chi connectivity index (χ3n) is 6.11. The summed E-state index contributed by atoms with van der Waals surface area (Å²) in [4.78, 5) is 17.3. The summed E-state index contributed by atoms with van der Waals surface area (Å²) in [5.74, 6) is 0.788. The highest BCUT2D eigenvalue weighted by molar-refractivity contribution is 8.15. The number of morpholine rings is 1. The van der Waals surface area contributed by atoms with Crippen molar-refractivity contribution in [2.45, 2.75) is 39.5 Å². The second kappa shape index (κ2) is 10.3. The molecule has 1 fully saturated rings. The molecule has 3 aromatic rings.